The number of nitrogens with two attached hydrogens (primary N) is 1. The number of nitrogens with zero attached hydrogens (tertiary/aromatic N) is 1. The van der Waals surface area contributed by atoms with E-state index in [-0.39, 0.29) is 30.6 Å². The smallest absolute Gasteiger partial charge is 0.224 e. The second-order valence-corrected chi connectivity index (χ2v) is 17.7. The van der Waals surface area contributed by atoms with E-state index < -0.39 is 6.29 Å². The zero-order valence-electron chi connectivity index (χ0n) is 33.8. The lowest BCUT2D eigenvalue weighted by Gasteiger charge is -2.41. The van der Waals surface area contributed by atoms with Gasteiger partial charge in [0.1, 0.15) is 0 Å². The summed E-state index contributed by atoms with van der Waals surface area (Å²) in [6, 6.07) is 32.5. The number of aliphatic hydroxyl groups excluding tert-OH is 1. The average molecular weight is 773 g/mol. The highest BCUT2D eigenvalue weighted by molar-refractivity contribution is 5.93. The van der Waals surface area contributed by atoms with E-state index in [0.29, 0.717) is 60.5 Å². The summed E-state index contributed by atoms with van der Waals surface area (Å²) in [6.45, 7) is 9.76. The first-order valence-corrected chi connectivity index (χ1v) is 20.8. The number of nitrogen functional groups attached to an aromatic ring is 1. The first-order valence-electron chi connectivity index (χ1n) is 20.8. The Morgan fingerprint density at radius 3 is 2.28 bits per heavy atom. The van der Waals surface area contributed by atoms with Gasteiger partial charge >= 0.3 is 0 Å². The van der Waals surface area contributed by atoms with Crippen LogP contribution < -0.4 is 16.4 Å². The standard InChI is InChI=1S/C48H60N4O5/c1-47(2)26-38-27-48(3,31-47)32-52(38)29-39-25-43(35-19-17-33(30-53)18-20-35)57-46(56-39)36-23-21-34(22-24-36)40-12-8-7-11-37(40)28-50-44(54)15-5-4-6-16-45(55)51-42-14-10-9-13-41(42)49/h7-14,17-24,38-39,43,46,53H,4-6,15-16,25-32,49H2,1-3H3,(H,50,54)(H,51,55). The van der Waals surface area contributed by atoms with E-state index in [4.69, 9.17) is 15.2 Å². The van der Waals surface area contributed by atoms with Gasteiger partial charge < -0.3 is 30.9 Å². The molecule has 5 unspecified atom stereocenters. The number of anilines is 2. The number of hydrogen-bond acceptors (Lipinski definition) is 7. The molecule has 2 heterocycles. The molecule has 2 saturated heterocycles. The van der Waals surface area contributed by atoms with Gasteiger partial charge in [-0.3, -0.25) is 14.5 Å². The van der Waals surface area contributed by atoms with Gasteiger partial charge in [0.05, 0.1) is 30.2 Å². The molecule has 1 saturated carbocycles. The molecule has 3 fully saturated rings. The lowest BCUT2D eigenvalue weighted by molar-refractivity contribution is -0.253. The fourth-order valence-electron chi connectivity index (χ4n) is 9.71. The van der Waals surface area contributed by atoms with Crippen LogP contribution in [-0.2, 0) is 32.2 Å². The van der Waals surface area contributed by atoms with Gasteiger partial charge in [-0.2, -0.15) is 0 Å². The molecule has 9 heteroatoms. The van der Waals surface area contributed by atoms with Gasteiger partial charge in [0, 0.05) is 50.5 Å². The molecule has 9 nitrogen and oxygen atoms in total. The zero-order chi connectivity index (χ0) is 40.0. The Kier molecular flexibility index (Phi) is 12.8. The average Bonchev–Trinajstić information content (AvgIpc) is 3.44. The number of para-hydroxylation sites is 2. The number of aliphatic hydroxyl groups is 1. The molecule has 0 aromatic heterocycles. The molecule has 2 amide bonds. The number of carbonyl (C=O) groups is 2. The van der Waals surface area contributed by atoms with Gasteiger partial charge in [0.15, 0.2) is 6.29 Å². The molecule has 0 spiro atoms. The highest BCUT2D eigenvalue weighted by Crippen LogP contribution is 2.53. The van der Waals surface area contributed by atoms with Crippen molar-refractivity contribution in [1.82, 2.24) is 10.2 Å². The Hall–Kier alpha value is -4.54. The Balaban J connectivity index is 0.951. The van der Waals surface area contributed by atoms with Crippen LogP contribution >= 0.6 is 0 Å². The van der Waals surface area contributed by atoms with Crippen LogP contribution in [0.1, 0.15) is 113 Å². The van der Waals surface area contributed by atoms with Crippen molar-refractivity contribution in [2.24, 2.45) is 10.8 Å². The molecule has 4 aromatic rings. The van der Waals surface area contributed by atoms with E-state index in [1.54, 1.807) is 12.1 Å². The quantitative estimate of drug-likeness (QED) is 0.0702. The molecule has 2 aliphatic heterocycles. The summed E-state index contributed by atoms with van der Waals surface area (Å²) < 4.78 is 13.5. The van der Waals surface area contributed by atoms with Crippen LogP contribution in [0.15, 0.2) is 97.1 Å². The van der Waals surface area contributed by atoms with Crippen molar-refractivity contribution in [1.29, 1.82) is 0 Å². The van der Waals surface area contributed by atoms with Crippen molar-refractivity contribution in [2.75, 3.05) is 24.1 Å². The van der Waals surface area contributed by atoms with Crippen molar-refractivity contribution in [3.8, 4) is 11.1 Å². The second-order valence-electron chi connectivity index (χ2n) is 17.7. The van der Waals surface area contributed by atoms with Crippen molar-refractivity contribution in [3.05, 3.63) is 119 Å². The van der Waals surface area contributed by atoms with E-state index >= 15 is 0 Å². The zero-order valence-corrected chi connectivity index (χ0v) is 33.8. The van der Waals surface area contributed by atoms with Gasteiger partial charge in [0.2, 0.25) is 11.8 Å². The molecule has 0 radical (unpaired) electrons. The van der Waals surface area contributed by atoms with Crippen LogP contribution in [-0.4, -0.2) is 47.1 Å². The fourth-order valence-corrected chi connectivity index (χ4v) is 9.71. The first-order chi connectivity index (χ1) is 27.5. The second kappa shape index (κ2) is 17.9. The summed E-state index contributed by atoms with van der Waals surface area (Å²) in [5, 5.41) is 15.6. The monoisotopic (exact) mass is 772 g/mol. The fraction of sp³-hybridized carbons (Fsp3) is 0.458. The number of rotatable bonds is 15. The number of nitrogens with one attached hydrogen (secondary N) is 2. The number of benzene rings is 4. The number of hydrogen-bond donors (Lipinski definition) is 4. The number of fused-ring (bicyclic) bond motifs is 2. The molecule has 5 N–H and O–H groups in total. The maximum Gasteiger partial charge on any atom is 0.224 e. The summed E-state index contributed by atoms with van der Waals surface area (Å²) in [5.74, 6) is -0.0731. The first kappa shape index (κ1) is 40.6. The van der Waals surface area contributed by atoms with E-state index in [1.165, 1.54) is 19.3 Å². The number of ether oxygens (including phenoxy) is 2. The topological polar surface area (TPSA) is 126 Å². The Bertz CT molecular complexity index is 1980. The van der Waals surface area contributed by atoms with E-state index in [1.807, 2.05) is 36.4 Å². The van der Waals surface area contributed by atoms with E-state index in [9.17, 15) is 14.7 Å². The Morgan fingerprint density at radius 1 is 0.825 bits per heavy atom. The summed E-state index contributed by atoms with van der Waals surface area (Å²) >= 11 is 0. The minimum absolute atomic E-state index is 0.00133. The lowest BCUT2D eigenvalue weighted by Crippen LogP contribution is -2.42. The summed E-state index contributed by atoms with van der Waals surface area (Å²) in [6.07, 6.45) is 6.91. The molecule has 302 valence electrons. The highest BCUT2D eigenvalue weighted by Gasteiger charge is 2.50. The summed E-state index contributed by atoms with van der Waals surface area (Å²) in [7, 11) is 0. The maximum absolute atomic E-state index is 12.8. The Morgan fingerprint density at radius 2 is 1.53 bits per heavy atom. The number of unbranched alkanes of at least 4 members (excludes halogenated alkanes) is 2. The number of amides is 2. The van der Waals surface area contributed by atoms with E-state index in [0.717, 1.165) is 59.3 Å². The lowest BCUT2D eigenvalue weighted by atomic mass is 9.65. The highest BCUT2D eigenvalue weighted by atomic mass is 16.7. The minimum atomic E-state index is -0.513. The third-order valence-electron chi connectivity index (χ3n) is 12.1. The molecular formula is C48H60N4O5. The third kappa shape index (κ3) is 10.5. The molecule has 3 aliphatic rings. The number of carbonyl (C=O) groups excluding carboxylic acids is 2. The Labute approximate surface area is 338 Å². The molecule has 1 aliphatic carbocycles. The van der Waals surface area contributed by atoms with Crippen molar-refractivity contribution < 1.29 is 24.2 Å². The van der Waals surface area contributed by atoms with Gasteiger partial charge in [-0.1, -0.05) is 112 Å². The van der Waals surface area contributed by atoms with Crippen molar-refractivity contribution >= 4 is 23.2 Å². The maximum atomic E-state index is 12.8. The van der Waals surface area contributed by atoms with Crippen LogP contribution in [0.2, 0.25) is 0 Å². The van der Waals surface area contributed by atoms with Gasteiger partial charge in [0.25, 0.3) is 0 Å². The van der Waals surface area contributed by atoms with Crippen LogP contribution in [0.25, 0.3) is 11.1 Å². The van der Waals surface area contributed by atoms with E-state index in [2.05, 4.69) is 84.8 Å². The molecule has 5 atom stereocenters. The minimum Gasteiger partial charge on any atom is -0.397 e. The SMILES string of the molecule is CC1(C)CC2CC(C)(CN2CC2CC(c3ccc(CO)cc3)OC(c3ccc(-c4ccccc4CNC(=O)CCCCCC(=O)Nc4ccccc4N)cc3)O2)C1. The molecule has 7 rings (SSSR count). The molecule has 2 bridgehead atoms. The van der Waals surface area contributed by atoms with Crippen LogP contribution in [0.3, 0.4) is 0 Å². The van der Waals surface area contributed by atoms with Gasteiger partial charge in [-0.05, 0) is 82.9 Å². The molecule has 57 heavy (non-hydrogen) atoms. The molecular weight excluding hydrogens is 713 g/mol. The summed E-state index contributed by atoms with van der Waals surface area (Å²) in [5.41, 5.74) is 13.9. The van der Waals surface area contributed by atoms with Crippen molar-refractivity contribution in [3.63, 3.8) is 0 Å². The van der Waals surface area contributed by atoms with Crippen LogP contribution in [0.4, 0.5) is 11.4 Å². The predicted octanol–water partition coefficient (Wildman–Crippen LogP) is 9.08. The van der Waals surface area contributed by atoms with Crippen LogP contribution in [0.5, 0.6) is 0 Å². The van der Waals surface area contributed by atoms with Gasteiger partial charge in [-0.25, -0.2) is 0 Å². The van der Waals surface area contributed by atoms with Crippen LogP contribution in [0, 0.1) is 10.8 Å². The number of likely N-dealkylation sites (tertiary alicyclic amines) is 1. The largest absolute Gasteiger partial charge is 0.397 e. The van der Waals surface area contributed by atoms with Crippen molar-refractivity contribution in [2.45, 2.75) is 116 Å². The predicted molar refractivity (Wildman–Crippen MR) is 226 cm³/mol. The van der Waals surface area contributed by atoms with Gasteiger partial charge in [-0.15, -0.1) is 0 Å². The third-order valence-corrected chi connectivity index (χ3v) is 12.1. The summed E-state index contributed by atoms with van der Waals surface area (Å²) in [4.78, 5) is 27.8. The molecule has 4 aromatic carbocycles. The normalized spacial score (nSPS) is 24.2.